The van der Waals surface area contributed by atoms with Crippen LogP contribution in [-0.2, 0) is 7.05 Å². The molecule has 1 N–H and O–H groups in total. The fourth-order valence-corrected chi connectivity index (χ4v) is 3.66. The van der Waals surface area contributed by atoms with Gasteiger partial charge in [0.1, 0.15) is 0 Å². The molecule has 5 aromatic rings. The number of hydrogen-bond donors (Lipinski definition) is 1. The Morgan fingerprint density at radius 3 is 2.35 bits per heavy atom. The van der Waals surface area contributed by atoms with Gasteiger partial charge in [-0.2, -0.15) is 4.98 Å². The van der Waals surface area contributed by atoms with Crippen molar-refractivity contribution in [2.75, 3.05) is 0 Å². The Bertz CT molecular complexity index is 1600. The maximum Gasteiger partial charge on any atom is 0.329 e. The summed E-state index contributed by atoms with van der Waals surface area (Å²) in [5.74, 6) is 0.443. The van der Waals surface area contributed by atoms with Gasteiger partial charge in [-0.1, -0.05) is 17.7 Å². The molecule has 0 aliphatic rings. The Morgan fingerprint density at radius 2 is 1.71 bits per heavy atom. The van der Waals surface area contributed by atoms with Crippen molar-refractivity contribution in [3.8, 4) is 16.9 Å². The summed E-state index contributed by atoms with van der Waals surface area (Å²) < 4.78 is 4.77. The van der Waals surface area contributed by atoms with Crippen molar-refractivity contribution in [3.05, 3.63) is 91.2 Å². The zero-order valence-corrected chi connectivity index (χ0v) is 16.6. The number of nitro groups is 1. The number of aryl methyl sites for hydroxylation is 2. The molecule has 5 rings (SSSR count). The first kappa shape index (κ1) is 18.6. The highest BCUT2D eigenvalue weighted by molar-refractivity contribution is 5.79. The number of nitrogens with zero attached hydrogens (tertiary/aromatic N) is 5. The zero-order valence-electron chi connectivity index (χ0n) is 16.6. The van der Waals surface area contributed by atoms with Crippen LogP contribution in [0.3, 0.4) is 0 Å². The van der Waals surface area contributed by atoms with Crippen LogP contribution >= 0.6 is 0 Å². The number of benzene rings is 2. The van der Waals surface area contributed by atoms with Gasteiger partial charge in [0.25, 0.3) is 11.2 Å². The van der Waals surface area contributed by atoms with E-state index in [1.165, 1.54) is 16.7 Å². The van der Waals surface area contributed by atoms with Crippen molar-refractivity contribution < 1.29 is 4.92 Å². The summed E-state index contributed by atoms with van der Waals surface area (Å²) in [7, 11) is 1.54. The summed E-state index contributed by atoms with van der Waals surface area (Å²) in [6.07, 6.45) is 1.74. The SMILES string of the molecule is Cc1ccc(-n2c(-c3ccc([N+](=O)[O-])cc3)cn3c4c(=O)[nH]c(=O)n(C)c4nc23)cc1. The highest BCUT2D eigenvalue weighted by Gasteiger charge is 2.21. The molecule has 0 aliphatic carbocycles. The normalized spacial score (nSPS) is 11.4. The van der Waals surface area contributed by atoms with Gasteiger partial charge in [-0.15, -0.1) is 0 Å². The molecule has 0 unspecified atom stereocenters. The Hall–Kier alpha value is -4.47. The van der Waals surface area contributed by atoms with Crippen molar-refractivity contribution >= 4 is 22.6 Å². The number of hydrogen-bond acceptors (Lipinski definition) is 5. The fraction of sp³-hybridized carbons (Fsp3) is 0.0952. The summed E-state index contributed by atoms with van der Waals surface area (Å²) in [6, 6.07) is 13.9. The second-order valence-electron chi connectivity index (χ2n) is 7.26. The molecule has 31 heavy (non-hydrogen) atoms. The molecule has 0 saturated carbocycles. The third-order valence-corrected chi connectivity index (χ3v) is 5.29. The molecule has 154 valence electrons. The summed E-state index contributed by atoms with van der Waals surface area (Å²) >= 11 is 0. The van der Waals surface area contributed by atoms with E-state index < -0.39 is 16.2 Å². The maximum atomic E-state index is 12.6. The third-order valence-electron chi connectivity index (χ3n) is 5.29. The molecule has 3 heterocycles. The minimum absolute atomic E-state index is 0.0149. The molecule has 10 heteroatoms. The molecule has 3 aromatic heterocycles. The van der Waals surface area contributed by atoms with Gasteiger partial charge >= 0.3 is 5.69 Å². The second-order valence-corrected chi connectivity index (χ2v) is 7.26. The van der Waals surface area contributed by atoms with Crippen LogP contribution in [0.1, 0.15) is 5.56 Å². The highest BCUT2D eigenvalue weighted by atomic mass is 16.6. The number of nitrogens with one attached hydrogen (secondary N) is 1. The standard InChI is InChI=1S/C21H16N6O4/c1-12-3-7-14(8-4-12)26-16(13-5-9-15(10-6-13)27(30)31)11-25-17-18(22-20(25)26)24(2)21(29)23-19(17)28/h3-11H,1-2H3,(H,23,28,29). The van der Waals surface area contributed by atoms with Crippen molar-refractivity contribution in [2.45, 2.75) is 6.92 Å². The quantitative estimate of drug-likeness (QED) is 0.358. The molecular weight excluding hydrogens is 400 g/mol. The molecule has 0 aliphatic heterocycles. The average Bonchev–Trinajstić information content (AvgIpc) is 3.29. The van der Waals surface area contributed by atoms with Crippen LogP contribution in [0, 0.1) is 17.0 Å². The van der Waals surface area contributed by atoms with E-state index >= 15 is 0 Å². The number of H-pyrrole nitrogens is 1. The van der Waals surface area contributed by atoms with Gasteiger partial charge in [-0.3, -0.25) is 33.4 Å². The van der Waals surface area contributed by atoms with Crippen molar-refractivity contribution in [1.82, 2.24) is 23.5 Å². The van der Waals surface area contributed by atoms with E-state index in [2.05, 4.69) is 9.97 Å². The van der Waals surface area contributed by atoms with Gasteiger partial charge in [0.15, 0.2) is 11.2 Å². The van der Waals surface area contributed by atoms with E-state index in [0.717, 1.165) is 11.3 Å². The van der Waals surface area contributed by atoms with Crippen molar-refractivity contribution in [3.63, 3.8) is 0 Å². The number of aromatic nitrogens is 5. The minimum Gasteiger partial charge on any atom is -0.279 e. The summed E-state index contributed by atoms with van der Waals surface area (Å²) in [5.41, 5.74) is 2.69. The van der Waals surface area contributed by atoms with Crippen molar-refractivity contribution in [1.29, 1.82) is 0 Å². The predicted molar refractivity (Wildman–Crippen MR) is 115 cm³/mol. The monoisotopic (exact) mass is 416 g/mol. The topological polar surface area (TPSA) is 120 Å². The molecule has 0 amide bonds. The number of rotatable bonds is 3. The predicted octanol–water partition coefficient (Wildman–Crippen LogP) is 2.55. The van der Waals surface area contributed by atoms with E-state index in [0.29, 0.717) is 17.0 Å². The molecule has 0 bridgehead atoms. The lowest BCUT2D eigenvalue weighted by molar-refractivity contribution is -0.384. The highest BCUT2D eigenvalue weighted by Crippen LogP contribution is 2.30. The average molecular weight is 416 g/mol. The molecule has 0 spiro atoms. The Balaban J connectivity index is 1.88. The van der Waals surface area contributed by atoms with Crippen LogP contribution in [0.25, 0.3) is 33.9 Å². The summed E-state index contributed by atoms with van der Waals surface area (Å²) in [4.78, 5) is 42.1. The first-order valence-electron chi connectivity index (χ1n) is 9.40. The van der Waals surface area contributed by atoms with E-state index in [1.807, 2.05) is 35.8 Å². The number of aromatic amines is 1. The lowest BCUT2D eigenvalue weighted by atomic mass is 10.1. The van der Waals surface area contributed by atoms with E-state index in [4.69, 9.17) is 0 Å². The van der Waals surface area contributed by atoms with E-state index in [-0.39, 0.29) is 16.9 Å². The molecule has 10 nitrogen and oxygen atoms in total. The number of imidazole rings is 2. The second kappa shape index (κ2) is 6.52. The first-order valence-corrected chi connectivity index (χ1v) is 9.40. The number of non-ortho nitro benzene ring substituents is 1. The van der Waals surface area contributed by atoms with E-state index in [1.54, 1.807) is 29.8 Å². The van der Waals surface area contributed by atoms with Crippen LogP contribution in [-0.4, -0.2) is 28.4 Å². The number of nitro benzene ring substituents is 1. The number of fused-ring (bicyclic) bond motifs is 3. The molecule has 0 saturated heterocycles. The van der Waals surface area contributed by atoms with Gasteiger partial charge in [0, 0.05) is 36.6 Å². The summed E-state index contributed by atoms with van der Waals surface area (Å²) in [6.45, 7) is 1.98. The molecule has 0 fully saturated rings. The lowest BCUT2D eigenvalue weighted by Crippen LogP contribution is -2.28. The maximum absolute atomic E-state index is 12.6. The van der Waals surface area contributed by atoms with Gasteiger partial charge < -0.3 is 0 Å². The van der Waals surface area contributed by atoms with Crippen LogP contribution in [0.5, 0.6) is 0 Å². The van der Waals surface area contributed by atoms with Crippen molar-refractivity contribution in [2.24, 2.45) is 7.05 Å². The fourth-order valence-electron chi connectivity index (χ4n) is 3.66. The molecular formula is C21H16N6O4. The first-order chi connectivity index (χ1) is 14.8. The van der Waals surface area contributed by atoms with Gasteiger partial charge in [0.2, 0.25) is 5.78 Å². The smallest absolute Gasteiger partial charge is 0.279 e. The van der Waals surface area contributed by atoms with Crippen LogP contribution in [0.4, 0.5) is 5.69 Å². The van der Waals surface area contributed by atoms with Gasteiger partial charge in [-0.25, -0.2) is 4.79 Å². The van der Waals surface area contributed by atoms with E-state index in [9.17, 15) is 19.7 Å². The molecule has 0 atom stereocenters. The van der Waals surface area contributed by atoms with Crippen LogP contribution < -0.4 is 11.2 Å². The Labute approximate surface area is 173 Å². The van der Waals surface area contributed by atoms with Crippen LogP contribution in [0.2, 0.25) is 0 Å². The minimum atomic E-state index is -0.546. The Kier molecular flexibility index (Phi) is 3.90. The Morgan fingerprint density at radius 1 is 1.03 bits per heavy atom. The summed E-state index contributed by atoms with van der Waals surface area (Å²) in [5, 5.41) is 11.0. The van der Waals surface area contributed by atoms with Gasteiger partial charge in [-0.05, 0) is 31.2 Å². The molecule has 2 aromatic carbocycles. The lowest BCUT2D eigenvalue weighted by Gasteiger charge is -2.09. The zero-order chi connectivity index (χ0) is 21.9. The largest absolute Gasteiger partial charge is 0.329 e. The van der Waals surface area contributed by atoms with Gasteiger partial charge in [0.05, 0.1) is 10.6 Å². The molecule has 0 radical (unpaired) electrons. The third kappa shape index (κ3) is 2.76. The van der Waals surface area contributed by atoms with Crippen LogP contribution in [0.15, 0.2) is 64.3 Å².